The summed E-state index contributed by atoms with van der Waals surface area (Å²) >= 11 is 2.54. The zero-order valence-electron chi connectivity index (χ0n) is 20.3. The lowest BCUT2D eigenvalue weighted by Gasteiger charge is -2.12. The maximum absolute atomic E-state index is 12.9. The van der Waals surface area contributed by atoms with Gasteiger partial charge in [-0.1, -0.05) is 11.8 Å². The van der Waals surface area contributed by atoms with E-state index in [4.69, 9.17) is 9.47 Å². The molecule has 5 rings (SSSR count). The zero-order chi connectivity index (χ0) is 25.9. The van der Waals surface area contributed by atoms with Gasteiger partial charge in [-0.25, -0.2) is 14.5 Å². The van der Waals surface area contributed by atoms with Crippen molar-refractivity contribution in [3.05, 3.63) is 56.8 Å². The number of H-pyrrole nitrogens is 1. The Morgan fingerprint density at radius 3 is 2.76 bits per heavy atom. The molecule has 0 atom stereocenters. The van der Waals surface area contributed by atoms with Crippen molar-refractivity contribution in [1.29, 1.82) is 0 Å². The third-order valence-corrected chi connectivity index (χ3v) is 8.06. The number of methoxy groups -OCH3 is 1. The molecule has 0 fully saturated rings. The number of aromatic amines is 1. The average Bonchev–Trinajstić information content (AvgIpc) is 3.49. The second-order valence-electron chi connectivity index (χ2n) is 8.34. The molecule has 2 N–H and O–H groups in total. The van der Waals surface area contributed by atoms with Crippen LogP contribution in [-0.2, 0) is 22.4 Å². The number of ether oxygens (including phenoxy) is 2. The Hall–Kier alpha value is -3.64. The first-order chi connectivity index (χ1) is 18.0. The molecule has 3 heterocycles. The second-order valence-corrected chi connectivity index (χ2v) is 10.4. The summed E-state index contributed by atoms with van der Waals surface area (Å²) in [4.78, 5) is 46.5. The topological polar surface area (TPSA) is 128 Å². The van der Waals surface area contributed by atoms with Gasteiger partial charge in [0.15, 0.2) is 10.8 Å². The summed E-state index contributed by atoms with van der Waals surface area (Å²) < 4.78 is 12.0. The number of aryl methyl sites for hydroxylation is 1. The first-order valence-corrected chi connectivity index (χ1v) is 13.7. The molecule has 192 valence electrons. The fourth-order valence-corrected chi connectivity index (χ4v) is 6.20. The Morgan fingerprint density at radius 1 is 1.22 bits per heavy atom. The monoisotopic (exact) mass is 539 g/mol. The highest BCUT2D eigenvalue weighted by Gasteiger charge is 2.27. The van der Waals surface area contributed by atoms with Gasteiger partial charge in [-0.2, -0.15) is 5.10 Å². The van der Waals surface area contributed by atoms with Gasteiger partial charge in [-0.15, -0.1) is 11.3 Å². The van der Waals surface area contributed by atoms with Gasteiger partial charge in [-0.05, 0) is 62.4 Å². The normalized spacial score (nSPS) is 12.8. The number of benzene rings is 1. The third-order valence-electron chi connectivity index (χ3n) is 5.98. The molecule has 4 aromatic rings. The van der Waals surface area contributed by atoms with E-state index < -0.39 is 5.97 Å². The van der Waals surface area contributed by atoms with Gasteiger partial charge >= 0.3 is 5.97 Å². The number of thiophene rings is 1. The maximum Gasteiger partial charge on any atom is 0.341 e. The summed E-state index contributed by atoms with van der Waals surface area (Å²) in [5.74, 6) is -0.0182. The minimum absolute atomic E-state index is 0.00402. The minimum atomic E-state index is -0.409. The molecule has 0 aliphatic heterocycles. The van der Waals surface area contributed by atoms with Crippen molar-refractivity contribution < 1.29 is 19.1 Å². The number of aromatic nitrogens is 4. The Bertz CT molecular complexity index is 1520. The van der Waals surface area contributed by atoms with Crippen LogP contribution in [0.2, 0.25) is 0 Å². The highest BCUT2D eigenvalue weighted by molar-refractivity contribution is 7.99. The van der Waals surface area contributed by atoms with Crippen molar-refractivity contribution >= 4 is 51.0 Å². The number of thioether (sulfide) groups is 1. The predicted molar refractivity (Wildman–Crippen MR) is 142 cm³/mol. The van der Waals surface area contributed by atoms with Crippen molar-refractivity contribution in [3.63, 3.8) is 0 Å². The number of rotatable bonds is 8. The predicted octanol–water partition coefficient (Wildman–Crippen LogP) is 3.97. The lowest BCUT2D eigenvalue weighted by atomic mass is 9.95. The molecule has 1 amide bonds. The number of anilines is 1. The standard InChI is InChI=1S/C25H25N5O5S2/c1-3-35-24(33)20-16-6-4-5-7-18(16)37-23(20)27-19(31)13-36-25-28-21-17(22(32)29-25)12-26-30(21)14-8-10-15(34-2)11-9-14/h8-12H,3-7,13H2,1-2H3,(H,27,31)(H,28,29,32). The number of esters is 1. The van der Waals surface area contributed by atoms with E-state index in [0.717, 1.165) is 53.6 Å². The summed E-state index contributed by atoms with van der Waals surface area (Å²) in [6, 6.07) is 7.22. The van der Waals surface area contributed by atoms with Crippen LogP contribution in [0.1, 0.15) is 40.6 Å². The molecule has 0 unspecified atom stereocenters. The Labute approximate surface area is 220 Å². The van der Waals surface area contributed by atoms with Crippen LogP contribution in [0.25, 0.3) is 16.7 Å². The van der Waals surface area contributed by atoms with Gasteiger partial charge in [0.05, 0.1) is 36.9 Å². The molecular weight excluding hydrogens is 514 g/mol. The first kappa shape index (κ1) is 25.0. The molecule has 12 heteroatoms. The minimum Gasteiger partial charge on any atom is -0.497 e. The molecule has 0 saturated carbocycles. The van der Waals surface area contributed by atoms with E-state index in [-0.39, 0.29) is 23.8 Å². The molecule has 37 heavy (non-hydrogen) atoms. The molecule has 1 aromatic carbocycles. The fraction of sp³-hybridized carbons (Fsp3) is 0.320. The number of hydrogen-bond acceptors (Lipinski definition) is 9. The van der Waals surface area contributed by atoms with Gasteiger partial charge in [-0.3, -0.25) is 9.59 Å². The molecule has 0 saturated heterocycles. The molecule has 0 spiro atoms. The van der Waals surface area contributed by atoms with Gasteiger partial charge < -0.3 is 19.8 Å². The number of amides is 1. The SMILES string of the molecule is CCOC(=O)c1c(NC(=O)CSc2nc3c(cnn3-c3ccc(OC)cc3)c(=O)[nH]2)sc2c1CCCC2. The summed E-state index contributed by atoms with van der Waals surface area (Å²) in [5.41, 5.74) is 2.21. The molecule has 3 aromatic heterocycles. The summed E-state index contributed by atoms with van der Waals surface area (Å²) in [5, 5.41) is 8.34. The first-order valence-electron chi connectivity index (χ1n) is 11.8. The summed E-state index contributed by atoms with van der Waals surface area (Å²) in [6.07, 6.45) is 5.23. The van der Waals surface area contributed by atoms with E-state index in [9.17, 15) is 14.4 Å². The van der Waals surface area contributed by atoms with Crippen LogP contribution < -0.4 is 15.6 Å². The van der Waals surface area contributed by atoms with E-state index in [1.165, 1.54) is 17.5 Å². The van der Waals surface area contributed by atoms with E-state index in [0.29, 0.717) is 32.5 Å². The Morgan fingerprint density at radius 2 is 2.00 bits per heavy atom. The van der Waals surface area contributed by atoms with Gasteiger partial charge in [0.1, 0.15) is 16.1 Å². The lowest BCUT2D eigenvalue weighted by molar-refractivity contribution is -0.113. The van der Waals surface area contributed by atoms with Gasteiger partial charge in [0, 0.05) is 4.88 Å². The van der Waals surface area contributed by atoms with Crippen molar-refractivity contribution in [2.45, 2.75) is 37.8 Å². The number of carbonyl (C=O) groups is 2. The highest BCUT2D eigenvalue weighted by atomic mass is 32.2. The lowest BCUT2D eigenvalue weighted by Crippen LogP contribution is -2.18. The molecule has 1 aliphatic carbocycles. The summed E-state index contributed by atoms with van der Waals surface area (Å²) in [7, 11) is 1.59. The van der Waals surface area contributed by atoms with Gasteiger partial charge in [0.25, 0.3) is 5.56 Å². The van der Waals surface area contributed by atoms with E-state index >= 15 is 0 Å². The van der Waals surface area contributed by atoms with Crippen molar-refractivity contribution in [2.75, 3.05) is 24.8 Å². The van der Waals surface area contributed by atoms with Crippen LogP contribution in [0.15, 0.2) is 40.4 Å². The number of nitrogens with zero attached hydrogens (tertiary/aromatic N) is 3. The van der Waals surface area contributed by atoms with Crippen LogP contribution in [0.5, 0.6) is 5.75 Å². The quantitative estimate of drug-likeness (QED) is 0.196. The molecule has 10 nitrogen and oxygen atoms in total. The number of fused-ring (bicyclic) bond motifs is 2. The molecule has 0 bridgehead atoms. The van der Waals surface area contributed by atoms with Crippen LogP contribution >= 0.6 is 23.1 Å². The summed E-state index contributed by atoms with van der Waals surface area (Å²) in [6.45, 7) is 2.03. The third kappa shape index (κ3) is 5.12. The number of nitrogens with one attached hydrogen (secondary N) is 2. The second kappa shape index (κ2) is 10.8. The van der Waals surface area contributed by atoms with Crippen LogP contribution in [0, 0.1) is 0 Å². The van der Waals surface area contributed by atoms with Crippen molar-refractivity contribution in [1.82, 2.24) is 19.7 Å². The van der Waals surface area contributed by atoms with Crippen molar-refractivity contribution in [2.24, 2.45) is 0 Å². The largest absolute Gasteiger partial charge is 0.497 e. The van der Waals surface area contributed by atoms with Crippen LogP contribution in [0.3, 0.4) is 0 Å². The fourth-order valence-electron chi connectivity index (χ4n) is 4.25. The van der Waals surface area contributed by atoms with Crippen LogP contribution in [0.4, 0.5) is 5.00 Å². The van der Waals surface area contributed by atoms with Gasteiger partial charge in [0.2, 0.25) is 5.91 Å². The average molecular weight is 540 g/mol. The Balaban J connectivity index is 1.34. The van der Waals surface area contributed by atoms with E-state index in [2.05, 4.69) is 20.4 Å². The van der Waals surface area contributed by atoms with E-state index in [1.54, 1.807) is 30.8 Å². The molecule has 0 radical (unpaired) electrons. The number of hydrogen-bond donors (Lipinski definition) is 2. The molecule has 1 aliphatic rings. The van der Waals surface area contributed by atoms with Crippen LogP contribution in [-0.4, -0.2) is 51.1 Å². The molecular formula is C25H25N5O5S2. The maximum atomic E-state index is 12.9. The Kier molecular flexibility index (Phi) is 7.28. The van der Waals surface area contributed by atoms with Crippen molar-refractivity contribution in [3.8, 4) is 11.4 Å². The smallest absolute Gasteiger partial charge is 0.341 e. The zero-order valence-corrected chi connectivity index (χ0v) is 22.0. The highest BCUT2D eigenvalue weighted by Crippen LogP contribution is 2.38. The van der Waals surface area contributed by atoms with E-state index in [1.807, 2.05) is 12.1 Å². The number of carbonyl (C=O) groups excluding carboxylic acids is 2.